The fourth-order valence-electron chi connectivity index (χ4n) is 1.68. The number of hydrogen-bond donors (Lipinski definition) is 2. The fourth-order valence-corrected chi connectivity index (χ4v) is 1.68. The van der Waals surface area contributed by atoms with Crippen molar-refractivity contribution < 1.29 is 18.5 Å². The number of H-pyrrole nitrogens is 1. The van der Waals surface area contributed by atoms with E-state index in [2.05, 4.69) is 15.3 Å². The Labute approximate surface area is 117 Å². The Kier molecular flexibility index (Phi) is 4.21. The molecule has 9 heteroatoms. The molecule has 0 fully saturated rings. The Bertz CT molecular complexity index is 673. The van der Waals surface area contributed by atoms with E-state index in [0.29, 0.717) is 18.6 Å². The lowest BCUT2D eigenvalue weighted by molar-refractivity contribution is -0.387. The number of hydrogen-bond acceptors (Lipinski definition) is 4. The molecule has 1 aromatic carbocycles. The molecular weight excluding hydrogens is 286 g/mol. The molecule has 2 rings (SSSR count). The molecule has 7 nitrogen and oxygen atoms in total. The lowest BCUT2D eigenvalue weighted by Gasteiger charge is -2.06. The third kappa shape index (κ3) is 3.38. The molecule has 1 heterocycles. The summed E-state index contributed by atoms with van der Waals surface area (Å²) in [6, 6.07) is 0.901. The van der Waals surface area contributed by atoms with Crippen LogP contribution in [0.1, 0.15) is 16.1 Å². The van der Waals surface area contributed by atoms with Crippen molar-refractivity contribution >= 4 is 11.6 Å². The normalized spacial score (nSPS) is 10.4. The first kappa shape index (κ1) is 14.6. The van der Waals surface area contributed by atoms with Crippen molar-refractivity contribution in [3.05, 3.63) is 57.7 Å². The van der Waals surface area contributed by atoms with Crippen molar-refractivity contribution in [2.45, 2.75) is 6.42 Å². The van der Waals surface area contributed by atoms with Crippen molar-refractivity contribution in [2.24, 2.45) is 0 Å². The predicted molar refractivity (Wildman–Crippen MR) is 67.6 cm³/mol. The Balaban J connectivity index is 2.08. The van der Waals surface area contributed by atoms with Crippen molar-refractivity contribution in [1.29, 1.82) is 0 Å². The monoisotopic (exact) mass is 296 g/mol. The highest BCUT2D eigenvalue weighted by molar-refractivity contribution is 5.95. The van der Waals surface area contributed by atoms with Gasteiger partial charge in [-0.25, -0.2) is 9.37 Å². The Morgan fingerprint density at radius 1 is 1.38 bits per heavy atom. The molecule has 2 N–H and O–H groups in total. The van der Waals surface area contributed by atoms with E-state index in [4.69, 9.17) is 0 Å². The van der Waals surface area contributed by atoms with E-state index in [-0.39, 0.29) is 6.54 Å². The highest BCUT2D eigenvalue weighted by atomic mass is 19.1. The number of imidazole rings is 1. The summed E-state index contributed by atoms with van der Waals surface area (Å²) in [5.41, 5.74) is -0.760. The summed E-state index contributed by atoms with van der Waals surface area (Å²) in [6.45, 7) is 0.172. The van der Waals surface area contributed by atoms with Crippen molar-refractivity contribution in [3.8, 4) is 0 Å². The lowest BCUT2D eigenvalue weighted by atomic mass is 10.1. The fraction of sp³-hybridized carbons (Fsp3) is 0.167. The first-order valence-electron chi connectivity index (χ1n) is 5.88. The zero-order chi connectivity index (χ0) is 15.4. The maximum atomic E-state index is 13.5. The molecule has 0 aliphatic heterocycles. The van der Waals surface area contributed by atoms with E-state index < -0.39 is 33.7 Å². The molecule has 0 bridgehead atoms. The van der Waals surface area contributed by atoms with Crippen molar-refractivity contribution in [3.63, 3.8) is 0 Å². The number of nitrogens with zero attached hydrogens (tertiary/aromatic N) is 2. The molecule has 2 aromatic rings. The first-order valence-corrected chi connectivity index (χ1v) is 5.88. The van der Waals surface area contributed by atoms with Gasteiger partial charge in [-0.1, -0.05) is 0 Å². The number of aromatic nitrogens is 2. The number of aromatic amines is 1. The summed E-state index contributed by atoms with van der Waals surface area (Å²) in [4.78, 5) is 27.9. The van der Waals surface area contributed by atoms with E-state index in [0.717, 1.165) is 5.69 Å². The van der Waals surface area contributed by atoms with Crippen molar-refractivity contribution in [1.82, 2.24) is 15.3 Å². The van der Waals surface area contributed by atoms with Crippen molar-refractivity contribution in [2.75, 3.05) is 6.54 Å². The molecule has 0 saturated heterocycles. The van der Waals surface area contributed by atoms with E-state index in [1.807, 2.05) is 0 Å². The van der Waals surface area contributed by atoms with Crippen LogP contribution in [0, 0.1) is 21.7 Å². The smallest absolute Gasteiger partial charge is 0.305 e. The second kappa shape index (κ2) is 6.07. The molecule has 0 aliphatic rings. The van der Waals surface area contributed by atoms with Crippen LogP contribution in [0.5, 0.6) is 0 Å². The number of carbonyl (C=O) groups excluding carboxylic acids is 1. The number of benzene rings is 1. The summed E-state index contributed by atoms with van der Waals surface area (Å²) >= 11 is 0. The Hall–Kier alpha value is -2.84. The SMILES string of the molecule is O=C(NCCc1cnc[nH]1)c1cc([N+](=O)[O-])c(F)cc1F. The summed E-state index contributed by atoms with van der Waals surface area (Å²) < 4.78 is 26.7. The molecular formula is C12H10F2N4O3. The number of halogens is 2. The number of nitrogens with one attached hydrogen (secondary N) is 2. The third-order valence-corrected chi connectivity index (χ3v) is 2.71. The zero-order valence-corrected chi connectivity index (χ0v) is 10.6. The quantitative estimate of drug-likeness (QED) is 0.646. The van der Waals surface area contributed by atoms with E-state index in [1.54, 1.807) is 6.20 Å². The molecule has 0 atom stereocenters. The summed E-state index contributed by atoms with van der Waals surface area (Å²) in [5, 5.41) is 13.0. The predicted octanol–water partition coefficient (Wildman–Crippen LogP) is 1.57. The van der Waals surface area contributed by atoms with E-state index in [9.17, 15) is 23.7 Å². The summed E-state index contributed by atoms with van der Waals surface area (Å²) in [6.07, 6.45) is 3.46. The number of rotatable bonds is 5. The van der Waals surface area contributed by atoms with Crippen LogP contribution in [0.15, 0.2) is 24.7 Å². The van der Waals surface area contributed by atoms with Gasteiger partial charge in [0.25, 0.3) is 5.91 Å². The number of amides is 1. The molecule has 0 saturated carbocycles. The van der Waals surface area contributed by atoms with E-state index >= 15 is 0 Å². The van der Waals surface area contributed by atoms with Gasteiger partial charge < -0.3 is 10.3 Å². The van der Waals surface area contributed by atoms with Crippen LogP contribution in [0.25, 0.3) is 0 Å². The molecule has 1 aromatic heterocycles. The van der Waals surface area contributed by atoms with Gasteiger partial charge in [0.05, 0.1) is 16.8 Å². The van der Waals surface area contributed by atoms with Crippen LogP contribution in [-0.4, -0.2) is 27.3 Å². The highest BCUT2D eigenvalue weighted by Crippen LogP contribution is 2.21. The summed E-state index contributed by atoms with van der Waals surface area (Å²) in [5.74, 6) is -3.33. The topological polar surface area (TPSA) is 101 Å². The van der Waals surface area contributed by atoms with Gasteiger partial charge in [-0.15, -0.1) is 0 Å². The molecule has 0 aliphatic carbocycles. The molecule has 0 unspecified atom stereocenters. The van der Waals surface area contributed by atoms with Gasteiger partial charge in [0.1, 0.15) is 5.82 Å². The van der Waals surface area contributed by atoms with Crippen LogP contribution in [0.3, 0.4) is 0 Å². The standard InChI is InChI=1S/C12H10F2N4O3/c13-9-4-10(14)11(18(20)21)3-8(9)12(19)16-2-1-7-5-15-6-17-7/h3-6H,1-2H2,(H,15,17)(H,16,19). The van der Waals surface area contributed by atoms with Crippen LogP contribution in [-0.2, 0) is 6.42 Å². The lowest BCUT2D eigenvalue weighted by Crippen LogP contribution is -2.26. The van der Waals surface area contributed by atoms with Crippen LogP contribution >= 0.6 is 0 Å². The van der Waals surface area contributed by atoms with E-state index in [1.165, 1.54) is 6.33 Å². The largest absolute Gasteiger partial charge is 0.352 e. The average molecular weight is 296 g/mol. The van der Waals surface area contributed by atoms with Gasteiger partial charge in [-0.05, 0) is 0 Å². The minimum absolute atomic E-state index is 0.172. The number of nitro benzene ring substituents is 1. The highest BCUT2D eigenvalue weighted by Gasteiger charge is 2.22. The maximum absolute atomic E-state index is 13.5. The molecule has 21 heavy (non-hydrogen) atoms. The van der Waals surface area contributed by atoms with Crippen LogP contribution < -0.4 is 5.32 Å². The molecule has 1 amide bonds. The minimum atomic E-state index is -1.33. The van der Waals surface area contributed by atoms with Crippen LogP contribution in [0.2, 0.25) is 0 Å². The van der Waals surface area contributed by atoms with Crippen LogP contribution in [0.4, 0.5) is 14.5 Å². The second-order valence-corrected chi connectivity index (χ2v) is 4.12. The molecule has 0 spiro atoms. The summed E-state index contributed by atoms with van der Waals surface area (Å²) in [7, 11) is 0. The molecule has 110 valence electrons. The zero-order valence-electron chi connectivity index (χ0n) is 10.6. The van der Waals surface area contributed by atoms with Gasteiger partial charge >= 0.3 is 5.69 Å². The van der Waals surface area contributed by atoms with Gasteiger partial charge in [-0.2, -0.15) is 4.39 Å². The average Bonchev–Trinajstić information content (AvgIpc) is 2.91. The Morgan fingerprint density at radius 2 is 2.14 bits per heavy atom. The first-order chi connectivity index (χ1) is 9.99. The Morgan fingerprint density at radius 3 is 2.76 bits per heavy atom. The molecule has 0 radical (unpaired) electrons. The van der Waals surface area contributed by atoms with Gasteiger partial charge in [0, 0.05) is 37.0 Å². The number of nitro groups is 1. The second-order valence-electron chi connectivity index (χ2n) is 4.12. The van der Waals surface area contributed by atoms with Gasteiger partial charge in [0.15, 0.2) is 0 Å². The minimum Gasteiger partial charge on any atom is -0.352 e. The maximum Gasteiger partial charge on any atom is 0.305 e. The number of carbonyl (C=O) groups is 1. The van der Waals surface area contributed by atoms with Gasteiger partial charge in [-0.3, -0.25) is 14.9 Å². The third-order valence-electron chi connectivity index (χ3n) is 2.71. The van der Waals surface area contributed by atoms with Gasteiger partial charge in [0.2, 0.25) is 5.82 Å².